The molecule has 0 atom stereocenters. The maximum absolute atomic E-state index is 5.82. The van der Waals surface area contributed by atoms with Crippen LogP contribution < -0.4 is 10.2 Å². The van der Waals surface area contributed by atoms with Crippen LogP contribution in [0.2, 0.25) is 0 Å². The van der Waals surface area contributed by atoms with Gasteiger partial charge < -0.3 is 9.73 Å². The highest BCUT2D eigenvalue weighted by Gasteiger charge is 2.20. The van der Waals surface area contributed by atoms with Gasteiger partial charge in [-0.1, -0.05) is 30.2 Å². The van der Waals surface area contributed by atoms with Gasteiger partial charge in [-0.3, -0.25) is 4.90 Å². The van der Waals surface area contributed by atoms with Crippen molar-refractivity contribution in [1.82, 2.24) is 15.5 Å². The third kappa shape index (κ3) is 3.24. The minimum atomic E-state index is 0.609. The molecule has 0 saturated carbocycles. The van der Waals surface area contributed by atoms with Gasteiger partial charge in [-0.05, 0) is 43.9 Å². The molecule has 0 unspecified atom stereocenters. The minimum Gasteiger partial charge on any atom is -0.406 e. The lowest BCUT2D eigenvalue weighted by molar-refractivity contribution is 0.468. The van der Waals surface area contributed by atoms with Crippen molar-refractivity contribution < 1.29 is 4.42 Å². The smallest absolute Gasteiger partial charge is 0.322 e. The largest absolute Gasteiger partial charge is 0.406 e. The normalized spacial score (nSPS) is 14.8. The molecule has 0 aliphatic carbocycles. The molecule has 1 N–H and O–H groups in total. The van der Waals surface area contributed by atoms with E-state index in [0.717, 1.165) is 32.4 Å². The molecule has 0 radical (unpaired) electrons. The summed E-state index contributed by atoms with van der Waals surface area (Å²) >= 11 is 0. The molecule has 0 spiro atoms. The third-order valence-corrected chi connectivity index (χ3v) is 3.75. The number of fused-ring (bicyclic) bond motifs is 1. The topological polar surface area (TPSA) is 54.2 Å². The predicted octanol–water partition coefficient (Wildman–Crippen LogP) is 3.04. The standard InChI is InChI=1S/C16H22N4O/c1-2-10-17-12-15-18-19-16(21-15)20-11-6-5-8-13-7-3-4-9-14(13)20/h3-4,7,9,17H,2,5-6,8,10-12H2,1H3. The summed E-state index contributed by atoms with van der Waals surface area (Å²) in [5, 5.41) is 11.7. The highest BCUT2D eigenvalue weighted by molar-refractivity contribution is 5.61. The zero-order valence-electron chi connectivity index (χ0n) is 12.5. The molecule has 3 rings (SSSR count). The van der Waals surface area contributed by atoms with E-state index in [-0.39, 0.29) is 0 Å². The van der Waals surface area contributed by atoms with E-state index in [4.69, 9.17) is 4.42 Å². The Balaban J connectivity index is 1.80. The van der Waals surface area contributed by atoms with Crippen LogP contribution in [0, 0.1) is 0 Å². The van der Waals surface area contributed by atoms with Gasteiger partial charge in [-0.15, -0.1) is 5.10 Å². The zero-order chi connectivity index (χ0) is 14.5. The first-order chi connectivity index (χ1) is 10.4. The molecule has 112 valence electrons. The van der Waals surface area contributed by atoms with Crippen molar-refractivity contribution in [2.45, 2.75) is 39.2 Å². The second kappa shape index (κ2) is 6.72. The first kappa shape index (κ1) is 14.1. The van der Waals surface area contributed by atoms with Crippen molar-refractivity contribution in [3.63, 3.8) is 0 Å². The van der Waals surface area contributed by atoms with Crippen LogP contribution in [-0.4, -0.2) is 23.3 Å². The number of benzene rings is 1. The van der Waals surface area contributed by atoms with Gasteiger partial charge in [0, 0.05) is 12.2 Å². The van der Waals surface area contributed by atoms with E-state index in [1.807, 2.05) is 0 Å². The summed E-state index contributed by atoms with van der Waals surface area (Å²) in [6, 6.07) is 9.10. The molecule has 0 saturated heterocycles. The second-order valence-corrected chi connectivity index (χ2v) is 5.39. The van der Waals surface area contributed by atoms with Crippen molar-refractivity contribution >= 4 is 11.7 Å². The van der Waals surface area contributed by atoms with E-state index < -0.39 is 0 Å². The van der Waals surface area contributed by atoms with E-state index in [9.17, 15) is 0 Å². The fourth-order valence-corrected chi connectivity index (χ4v) is 2.69. The Hall–Kier alpha value is -1.88. The van der Waals surface area contributed by atoms with E-state index >= 15 is 0 Å². The predicted molar refractivity (Wildman–Crippen MR) is 82.7 cm³/mol. The molecule has 5 nitrogen and oxygen atoms in total. The van der Waals surface area contributed by atoms with Crippen LogP contribution in [-0.2, 0) is 13.0 Å². The Morgan fingerprint density at radius 3 is 3.05 bits per heavy atom. The van der Waals surface area contributed by atoms with Gasteiger partial charge in [0.15, 0.2) is 0 Å². The summed E-state index contributed by atoms with van der Waals surface area (Å²) in [6.07, 6.45) is 4.55. The maximum Gasteiger partial charge on any atom is 0.322 e. The molecule has 21 heavy (non-hydrogen) atoms. The van der Waals surface area contributed by atoms with Crippen molar-refractivity contribution in [3.05, 3.63) is 35.7 Å². The molecular weight excluding hydrogens is 264 g/mol. The maximum atomic E-state index is 5.82. The Bertz CT molecular complexity index is 581. The van der Waals surface area contributed by atoms with Crippen LogP contribution in [0.1, 0.15) is 37.6 Å². The lowest BCUT2D eigenvalue weighted by Crippen LogP contribution is -2.18. The summed E-state index contributed by atoms with van der Waals surface area (Å²) in [4.78, 5) is 2.15. The van der Waals surface area contributed by atoms with Crippen LogP contribution in [0.5, 0.6) is 0 Å². The molecule has 1 aliphatic heterocycles. The first-order valence-electron chi connectivity index (χ1n) is 7.77. The quantitative estimate of drug-likeness (QED) is 0.856. The summed E-state index contributed by atoms with van der Waals surface area (Å²) in [6.45, 7) is 4.67. The fourth-order valence-electron chi connectivity index (χ4n) is 2.69. The Labute approximate surface area is 125 Å². The number of nitrogens with zero attached hydrogens (tertiary/aromatic N) is 3. The van der Waals surface area contributed by atoms with Crippen molar-refractivity contribution in [1.29, 1.82) is 0 Å². The van der Waals surface area contributed by atoms with Gasteiger partial charge in [0.2, 0.25) is 5.89 Å². The van der Waals surface area contributed by atoms with E-state index in [1.54, 1.807) is 0 Å². The lowest BCUT2D eigenvalue weighted by atomic mass is 10.1. The molecule has 1 aromatic carbocycles. The Morgan fingerprint density at radius 2 is 2.14 bits per heavy atom. The SMILES string of the molecule is CCCNCc1nnc(N2CCCCc3ccccc32)o1. The van der Waals surface area contributed by atoms with Gasteiger partial charge in [-0.25, -0.2) is 0 Å². The summed E-state index contributed by atoms with van der Waals surface area (Å²) < 4.78 is 5.82. The Morgan fingerprint density at radius 1 is 1.24 bits per heavy atom. The van der Waals surface area contributed by atoms with Gasteiger partial charge in [-0.2, -0.15) is 0 Å². The number of aromatic nitrogens is 2. The van der Waals surface area contributed by atoms with E-state index in [0.29, 0.717) is 18.5 Å². The number of hydrogen-bond acceptors (Lipinski definition) is 5. The number of nitrogens with one attached hydrogen (secondary N) is 1. The number of hydrogen-bond donors (Lipinski definition) is 1. The zero-order valence-corrected chi connectivity index (χ0v) is 12.5. The van der Waals surface area contributed by atoms with Crippen molar-refractivity contribution in [2.24, 2.45) is 0 Å². The molecule has 0 amide bonds. The molecular formula is C16H22N4O. The second-order valence-electron chi connectivity index (χ2n) is 5.39. The van der Waals surface area contributed by atoms with Crippen molar-refractivity contribution in [3.8, 4) is 0 Å². The average Bonchev–Trinajstić information content (AvgIpc) is 2.87. The van der Waals surface area contributed by atoms with Gasteiger partial charge in [0.25, 0.3) is 0 Å². The first-order valence-corrected chi connectivity index (χ1v) is 7.77. The third-order valence-electron chi connectivity index (χ3n) is 3.75. The molecule has 1 aliphatic rings. The van der Waals surface area contributed by atoms with Crippen LogP contribution >= 0.6 is 0 Å². The fraction of sp³-hybridized carbons (Fsp3) is 0.500. The average molecular weight is 286 g/mol. The molecule has 0 fully saturated rings. The molecule has 2 heterocycles. The molecule has 0 bridgehead atoms. The van der Waals surface area contributed by atoms with Gasteiger partial charge in [0.1, 0.15) is 0 Å². The number of aryl methyl sites for hydroxylation is 1. The number of rotatable bonds is 5. The lowest BCUT2D eigenvalue weighted by Gasteiger charge is -2.19. The summed E-state index contributed by atoms with van der Waals surface area (Å²) in [5.41, 5.74) is 2.56. The van der Waals surface area contributed by atoms with Gasteiger partial charge in [0.05, 0.1) is 6.54 Å². The summed E-state index contributed by atoms with van der Waals surface area (Å²) in [5.74, 6) is 0.653. The van der Waals surface area contributed by atoms with E-state index in [2.05, 4.69) is 51.6 Å². The van der Waals surface area contributed by atoms with Crippen molar-refractivity contribution in [2.75, 3.05) is 18.0 Å². The highest BCUT2D eigenvalue weighted by atomic mass is 16.4. The van der Waals surface area contributed by atoms with Crippen LogP contribution in [0.25, 0.3) is 0 Å². The van der Waals surface area contributed by atoms with Gasteiger partial charge >= 0.3 is 6.01 Å². The molecule has 2 aromatic rings. The van der Waals surface area contributed by atoms with E-state index in [1.165, 1.54) is 17.7 Å². The minimum absolute atomic E-state index is 0.609. The van der Waals surface area contributed by atoms with Crippen LogP contribution in [0.4, 0.5) is 11.7 Å². The molecule has 1 aromatic heterocycles. The highest BCUT2D eigenvalue weighted by Crippen LogP contribution is 2.31. The summed E-state index contributed by atoms with van der Waals surface area (Å²) in [7, 11) is 0. The molecule has 5 heteroatoms. The monoisotopic (exact) mass is 286 g/mol. The Kier molecular flexibility index (Phi) is 4.50. The van der Waals surface area contributed by atoms with Crippen LogP contribution in [0.15, 0.2) is 28.7 Å². The van der Waals surface area contributed by atoms with Crippen LogP contribution in [0.3, 0.4) is 0 Å². The number of para-hydroxylation sites is 1. The number of anilines is 2.